The average Bonchev–Trinajstić information content (AvgIpc) is 2.59. The molecule has 4 heteroatoms. The number of hydrogen-bond donors (Lipinski definition) is 1. The second-order valence-corrected chi connectivity index (χ2v) is 3.45. The number of aliphatic imine (C=N–C) groups is 1. The molecule has 1 aromatic carbocycles. The molecule has 82 valence electrons. The first-order chi connectivity index (χ1) is 7.69. The van der Waals surface area contributed by atoms with E-state index in [0.717, 1.165) is 11.3 Å². The molecule has 0 saturated carbocycles. The van der Waals surface area contributed by atoms with Crippen LogP contribution in [0.5, 0.6) is 5.75 Å². The minimum absolute atomic E-state index is 0.159. The Morgan fingerprint density at radius 3 is 2.50 bits per heavy atom. The Kier molecular flexibility index (Phi) is 2.72. The fraction of sp³-hybridized carbons (Fsp3) is 0.167. The molecule has 1 amide bonds. The summed E-state index contributed by atoms with van der Waals surface area (Å²) in [6.07, 6.45) is 1.74. The standard InChI is InChI=1S/C12H12N2O2/c1-8-13-11(12(15)14-8)7-9-3-5-10(16-2)6-4-9/h3-7H,1-2H3,(H,13,14,15)/b11-7-. The summed E-state index contributed by atoms with van der Waals surface area (Å²) in [5.41, 5.74) is 1.35. The Morgan fingerprint density at radius 2 is 2.00 bits per heavy atom. The van der Waals surface area contributed by atoms with Crippen LogP contribution in [0.2, 0.25) is 0 Å². The summed E-state index contributed by atoms with van der Waals surface area (Å²) < 4.78 is 5.05. The van der Waals surface area contributed by atoms with Gasteiger partial charge in [-0.15, -0.1) is 0 Å². The van der Waals surface area contributed by atoms with E-state index in [0.29, 0.717) is 11.5 Å². The van der Waals surface area contributed by atoms with Crippen LogP contribution in [0.1, 0.15) is 12.5 Å². The summed E-state index contributed by atoms with van der Waals surface area (Å²) in [7, 11) is 1.62. The predicted octanol–water partition coefficient (Wildman–Crippen LogP) is 1.58. The lowest BCUT2D eigenvalue weighted by Gasteiger charge is -1.99. The molecule has 0 saturated heterocycles. The van der Waals surface area contributed by atoms with Gasteiger partial charge in [0.05, 0.1) is 7.11 Å². The van der Waals surface area contributed by atoms with Crippen molar-refractivity contribution in [1.82, 2.24) is 5.32 Å². The summed E-state index contributed by atoms with van der Waals surface area (Å²) in [5, 5.41) is 2.63. The number of carbonyl (C=O) groups excluding carboxylic acids is 1. The number of methoxy groups -OCH3 is 1. The van der Waals surface area contributed by atoms with Crippen molar-refractivity contribution in [2.75, 3.05) is 7.11 Å². The monoisotopic (exact) mass is 216 g/mol. The third-order valence-corrected chi connectivity index (χ3v) is 2.23. The molecular formula is C12H12N2O2. The van der Waals surface area contributed by atoms with Gasteiger partial charge in [-0.3, -0.25) is 4.79 Å². The fourth-order valence-corrected chi connectivity index (χ4v) is 1.44. The third kappa shape index (κ3) is 2.11. The number of hydrogen-bond acceptors (Lipinski definition) is 3. The maximum absolute atomic E-state index is 11.4. The molecule has 0 spiro atoms. The van der Waals surface area contributed by atoms with E-state index in [9.17, 15) is 4.79 Å². The van der Waals surface area contributed by atoms with Gasteiger partial charge in [0, 0.05) is 0 Å². The lowest BCUT2D eigenvalue weighted by Crippen LogP contribution is -2.21. The number of benzene rings is 1. The van der Waals surface area contributed by atoms with Crippen molar-refractivity contribution in [1.29, 1.82) is 0 Å². The summed E-state index contributed by atoms with van der Waals surface area (Å²) in [5.74, 6) is 1.26. The molecule has 0 fully saturated rings. The van der Waals surface area contributed by atoms with E-state index in [1.54, 1.807) is 20.1 Å². The second kappa shape index (κ2) is 4.18. The molecule has 1 N–H and O–H groups in total. The molecule has 0 radical (unpaired) electrons. The Balaban J connectivity index is 2.26. The predicted molar refractivity (Wildman–Crippen MR) is 62.2 cm³/mol. The zero-order valence-electron chi connectivity index (χ0n) is 9.15. The smallest absolute Gasteiger partial charge is 0.275 e. The van der Waals surface area contributed by atoms with E-state index in [4.69, 9.17) is 4.74 Å². The van der Waals surface area contributed by atoms with Gasteiger partial charge in [0.2, 0.25) is 0 Å². The van der Waals surface area contributed by atoms with Crippen LogP contribution in [0, 0.1) is 0 Å². The van der Waals surface area contributed by atoms with Gasteiger partial charge in [0.1, 0.15) is 17.3 Å². The fourth-order valence-electron chi connectivity index (χ4n) is 1.44. The zero-order chi connectivity index (χ0) is 11.5. The van der Waals surface area contributed by atoms with E-state index in [1.165, 1.54) is 0 Å². The van der Waals surface area contributed by atoms with Crippen LogP contribution >= 0.6 is 0 Å². The van der Waals surface area contributed by atoms with Gasteiger partial charge in [-0.2, -0.15) is 0 Å². The van der Waals surface area contributed by atoms with E-state index in [1.807, 2.05) is 24.3 Å². The van der Waals surface area contributed by atoms with Crippen LogP contribution in [0.15, 0.2) is 35.0 Å². The van der Waals surface area contributed by atoms with Gasteiger partial charge in [-0.1, -0.05) is 12.1 Å². The van der Waals surface area contributed by atoms with Gasteiger partial charge in [-0.25, -0.2) is 4.99 Å². The van der Waals surface area contributed by atoms with E-state index < -0.39 is 0 Å². The van der Waals surface area contributed by atoms with E-state index >= 15 is 0 Å². The first-order valence-corrected chi connectivity index (χ1v) is 4.91. The minimum atomic E-state index is -0.159. The highest BCUT2D eigenvalue weighted by molar-refractivity contribution is 6.13. The highest BCUT2D eigenvalue weighted by Gasteiger charge is 2.16. The molecule has 0 aliphatic carbocycles. The van der Waals surface area contributed by atoms with E-state index in [2.05, 4.69) is 10.3 Å². The summed E-state index contributed by atoms with van der Waals surface area (Å²) >= 11 is 0. The number of ether oxygens (including phenoxy) is 1. The van der Waals surface area contributed by atoms with Crippen molar-refractivity contribution < 1.29 is 9.53 Å². The van der Waals surface area contributed by atoms with Gasteiger partial charge >= 0.3 is 0 Å². The Labute approximate surface area is 93.6 Å². The van der Waals surface area contributed by atoms with Crippen LogP contribution in [-0.2, 0) is 4.79 Å². The third-order valence-electron chi connectivity index (χ3n) is 2.23. The normalized spacial score (nSPS) is 17.2. The van der Waals surface area contributed by atoms with Crippen molar-refractivity contribution in [3.63, 3.8) is 0 Å². The molecule has 1 aromatic rings. The SMILES string of the molecule is COc1ccc(/C=C2\N=C(C)NC2=O)cc1. The number of amides is 1. The van der Waals surface area contributed by atoms with E-state index in [-0.39, 0.29) is 5.91 Å². The number of nitrogens with one attached hydrogen (secondary N) is 1. The first-order valence-electron chi connectivity index (χ1n) is 4.91. The van der Waals surface area contributed by atoms with Gasteiger partial charge in [0.25, 0.3) is 5.91 Å². The van der Waals surface area contributed by atoms with Crippen molar-refractivity contribution in [3.05, 3.63) is 35.5 Å². The van der Waals surface area contributed by atoms with Crippen LogP contribution in [0.4, 0.5) is 0 Å². The van der Waals surface area contributed by atoms with Crippen LogP contribution in [-0.4, -0.2) is 18.9 Å². The number of rotatable bonds is 2. The molecule has 0 unspecified atom stereocenters. The number of carbonyl (C=O) groups is 1. The minimum Gasteiger partial charge on any atom is -0.497 e. The lowest BCUT2D eigenvalue weighted by atomic mass is 10.2. The van der Waals surface area contributed by atoms with Crippen LogP contribution in [0.25, 0.3) is 6.08 Å². The topological polar surface area (TPSA) is 50.7 Å². The summed E-state index contributed by atoms with van der Waals surface area (Å²) in [6, 6.07) is 7.44. The highest BCUT2D eigenvalue weighted by atomic mass is 16.5. The van der Waals surface area contributed by atoms with Crippen molar-refractivity contribution in [2.24, 2.45) is 4.99 Å². The molecule has 0 aromatic heterocycles. The molecule has 2 rings (SSSR count). The summed E-state index contributed by atoms with van der Waals surface area (Å²) in [4.78, 5) is 15.5. The molecule has 1 aliphatic rings. The Morgan fingerprint density at radius 1 is 1.31 bits per heavy atom. The van der Waals surface area contributed by atoms with Crippen molar-refractivity contribution >= 4 is 17.8 Å². The maximum atomic E-state index is 11.4. The highest BCUT2D eigenvalue weighted by Crippen LogP contribution is 2.15. The van der Waals surface area contributed by atoms with Gasteiger partial charge < -0.3 is 10.1 Å². The molecule has 0 bridgehead atoms. The van der Waals surface area contributed by atoms with Crippen LogP contribution < -0.4 is 10.1 Å². The Hall–Kier alpha value is -2.10. The lowest BCUT2D eigenvalue weighted by molar-refractivity contribution is -0.115. The largest absolute Gasteiger partial charge is 0.497 e. The number of amidine groups is 1. The second-order valence-electron chi connectivity index (χ2n) is 3.45. The van der Waals surface area contributed by atoms with Gasteiger partial charge in [-0.05, 0) is 30.7 Å². The first kappa shape index (κ1) is 10.4. The molecule has 1 aliphatic heterocycles. The zero-order valence-corrected chi connectivity index (χ0v) is 9.15. The van der Waals surface area contributed by atoms with Crippen molar-refractivity contribution in [2.45, 2.75) is 6.92 Å². The number of nitrogens with zero attached hydrogens (tertiary/aromatic N) is 1. The molecule has 16 heavy (non-hydrogen) atoms. The molecule has 0 atom stereocenters. The quantitative estimate of drug-likeness (QED) is 0.763. The maximum Gasteiger partial charge on any atom is 0.275 e. The summed E-state index contributed by atoms with van der Waals surface area (Å²) in [6.45, 7) is 1.76. The van der Waals surface area contributed by atoms with Crippen LogP contribution in [0.3, 0.4) is 0 Å². The Bertz CT molecular complexity index is 472. The molecule has 1 heterocycles. The van der Waals surface area contributed by atoms with Crippen molar-refractivity contribution in [3.8, 4) is 5.75 Å². The van der Waals surface area contributed by atoms with Gasteiger partial charge in [0.15, 0.2) is 0 Å². The molecular weight excluding hydrogens is 204 g/mol. The average molecular weight is 216 g/mol. The molecule has 4 nitrogen and oxygen atoms in total.